The molecule has 3 unspecified atom stereocenters. The van der Waals surface area contributed by atoms with Crippen molar-refractivity contribution in [3.05, 3.63) is 69.7 Å². The Balaban J connectivity index is 2.04. The van der Waals surface area contributed by atoms with Gasteiger partial charge in [-0.1, -0.05) is 23.7 Å². The molecule has 1 aliphatic rings. The quantitative estimate of drug-likeness (QED) is 0.318. The molecule has 2 aromatic rings. The van der Waals surface area contributed by atoms with Crippen LogP contribution >= 0.6 is 11.6 Å². The van der Waals surface area contributed by atoms with Crippen molar-refractivity contribution in [1.82, 2.24) is 10.2 Å². The number of alkyl halides is 6. The number of benzene rings is 2. The summed E-state index contributed by atoms with van der Waals surface area (Å²) in [5.74, 6) is -3.06. The van der Waals surface area contributed by atoms with Gasteiger partial charge in [0.1, 0.15) is 12.6 Å². The molecule has 1 aliphatic heterocycles. The lowest BCUT2D eigenvalue weighted by atomic mass is 9.80. The fourth-order valence-electron chi connectivity index (χ4n) is 4.75. The zero-order valence-corrected chi connectivity index (χ0v) is 21.0. The van der Waals surface area contributed by atoms with Gasteiger partial charge in [-0.2, -0.15) is 26.3 Å². The van der Waals surface area contributed by atoms with Crippen LogP contribution in [0.25, 0.3) is 0 Å². The Kier molecular flexibility index (Phi) is 9.16. The van der Waals surface area contributed by atoms with Crippen molar-refractivity contribution >= 4 is 29.3 Å². The van der Waals surface area contributed by atoms with Gasteiger partial charge in [0.05, 0.1) is 11.1 Å². The van der Waals surface area contributed by atoms with Crippen molar-refractivity contribution in [2.75, 3.05) is 13.1 Å². The molecular weight excluding hydrogens is 554 g/mol. The predicted molar refractivity (Wildman–Crippen MR) is 130 cm³/mol. The van der Waals surface area contributed by atoms with Gasteiger partial charge >= 0.3 is 18.4 Å². The summed E-state index contributed by atoms with van der Waals surface area (Å²) in [6.07, 6.45) is -9.54. The first-order valence-electron chi connectivity index (χ1n) is 11.7. The van der Waals surface area contributed by atoms with E-state index in [1.54, 1.807) is 24.3 Å². The van der Waals surface area contributed by atoms with Gasteiger partial charge in [-0.25, -0.2) is 4.79 Å². The Morgan fingerprint density at radius 3 is 2.03 bits per heavy atom. The number of carbonyl (C=O) groups excluding carboxylic acids is 3. The highest BCUT2D eigenvalue weighted by Crippen LogP contribution is 2.37. The Morgan fingerprint density at radius 1 is 0.974 bits per heavy atom. The van der Waals surface area contributed by atoms with Crippen molar-refractivity contribution in [3.8, 4) is 0 Å². The molecular formula is C25H25ClF6N4O3. The number of amides is 3. The summed E-state index contributed by atoms with van der Waals surface area (Å²) < 4.78 is 80.7. The third kappa shape index (κ3) is 7.85. The molecule has 212 valence electrons. The summed E-state index contributed by atoms with van der Waals surface area (Å²) in [7, 11) is 0. The van der Waals surface area contributed by atoms with Gasteiger partial charge in [0.15, 0.2) is 5.78 Å². The molecule has 0 spiro atoms. The van der Waals surface area contributed by atoms with Crippen LogP contribution in [0.1, 0.15) is 39.9 Å². The maximum atomic E-state index is 13.7. The number of nitrogens with two attached hydrogens (primary N) is 2. The molecule has 1 fully saturated rings. The molecule has 1 saturated heterocycles. The van der Waals surface area contributed by atoms with Crippen LogP contribution in [0.15, 0.2) is 42.5 Å². The van der Waals surface area contributed by atoms with E-state index in [4.69, 9.17) is 23.1 Å². The van der Waals surface area contributed by atoms with Crippen LogP contribution < -0.4 is 16.8 Å². The third-order valence-corrected chi connectivity index (χ3v) is 6.72. The lowest BCUT2D eigenvalue weighted by Gasteiger charge is -2.39. The Hall–Kier alpha value is -3.32. The zero-order chi connectivity index (χ0) is 29.1. The number of rotatable bonds is 8. The number of nitrogens with one attached hydrogen (secondary N) is 1. The number of ketones is 1. The van der Waals surface area contributed by atoms with Gasteiger partial charge in [0.25, 0.3) is 0 Å². The van der Waals surface area contributed by atoms with E-state index in [0.29, 0.717) is 35.0 Å². The van der Waals surface area contributed by atoms with Crippen molar-refractivity contribution in [3.63, 3.8) is 0 Å². The molecule has 39 heavy (non-hydrogen) atoms. The molecule has 0 bridgehead atoms. The Morgan fingerprint density at radius 2 is 1.54 bits per heavy atom. The second-order valence-corrected chi connectivity index (χ2v) is 9.74. The van der Waals surface area contributed by atoms with Crippen LogP contribution in [-0.2, 0) is 23.6 Å². The molecule has 3 rings (SSSR count). The first-order valence-corrected chi connectivity index (χ1v) is 12.1. The topological polar surface area (TPSA) is 119 Å². The number of carbonyl (C=O) groups is 3. The summed E-state index contributed by atoms with van der Waals surface area (Å²) in [5.41, 5.74) is 7.21. The van der Waals surface area contributed by atoms with E-state index in [-0.39, 0.29) is 24.9 Å². The number of hydrogen-bond donors (Lipinski definition) is 3. The minimum atomic E-state index is -5.19. The molecule has 0 saturated carbocycles. The molecule has 0 radical (unpaired) electrons. The van der Waals surface area contributed by atoms with E-state index in [2.05, 4.69) is 5.32 Å². The van der Waals surface area contributed by atoms with Crippen LogP contribution in [0.5, 0.6) is 0 Å². The van der Waals surface area contributed by atoms with Crippen molar-refractivity contribution in [2.24, 2.45) is 17.4 Å². The van der Waals surface area contributed by atoms with Gasteiger partial charge in [-0.3, -0.25) is 9.59 Å². The second-order valence-electron chi connectivity index (χ2n) is 9.30. The Labute approximate surface area is 224 Å². The van der Waals surface area contributed by atoms with Crippen molar-refractivity contribution < 1.29 is 40.7 Å². The molecule has 0 aliphatic carbocycles. The fourth-order valence-corrected chi connectivity index (χ4v) is 4.87. The summed E-state index contributed by atoms with van der Waals surface area (Å²) >= 11 is 5.92. The van der Waals surface area contributed by atoms with Gasteiger partial charge in [0, 0.05) is 16.6 Å². The van der Waals surface area contributed by atoms with Gasteiger partial charge in [-0.15, -0.1) is 0 Å². The van der Waals surface area contributed by atoms with Gasteiger partial charge in [-0.05, 0) is 67.6 Å². The zero-order valence-electron chi connectivity index (χ0n) is 20.3. The SMILES string of the molecule is NC(=O)CN(C(N)=O)C(C(=O)c1cc(C(F)(F)F)cc(C(F)(F)F)c1)C1CCNC(Cc2ccc(Cl)cc2)C1. The van der Waals surface area contributed by atoms with Gasteiger partial charge in [0.2, 0.25) is 5.91 Å². The maximum Gasteiger partial charge on any atom is 0.416 e. The van der Waals surface area contributed by atoms with Crippen LogP contribution in [0.3, 0.4) is 0 Å². The monoisotopic (exact) mass is 578 g/mol. The highest BCUT2D eigenvalue weighted by Gasteiger charge is 2.42. The summed E-state index contributed by atoms with van der Waals surface area (Å²) in [5, 5.41) is 3.76. The fraction of sp³-hybridized carbons (Fsp3) is 0.400. The number of piperidine rings is 1. The lowest BCUT2D eigenvalue weighted by molar-refractivity contribution is -0.143. The van der Waals surface area contributed by atoms with Crippen molar-refractivity contribution in [1.29, 1.82) is 0 Å². The van der Waals surface area contributed by atoms with Crippen LogP contribution in [0, 0.1) is 5.92 Å². The summed E-state index contributed by atoms with van der Waals surface area (Å²) in [4.78, 5) is 38.3. The lowest BCUT2D eigenvalue weighted by Crippen LogP contribution is -2.56. The maximum absolute atomic E-state index is 13.7. The first-order chi connectivity index (χ1) is 18.1. The van der Waals surface area contributed by atoms with Crippen molar-refractivity contribution in [2.45, 2.75) is 43.7 Å². The van der Waals surface area contributed by atoms with E-state index < -0.39 is 65.3 Å². The summed E-state index contributed by atoms with van der Waals surface area (Å²) in [6.45, 7) is -0.547. The average molecular weight is 579 g/mol. The van der Waals surface area contributed by atoms with Crippen LogP contribution in [0.4, 0.5) is 31.1 Å². The van der Waals surface area contributed by atoms with E-state index in [1.807, 2.05) is 0 Å². The molecule has 3 atom stereocenters. The summed E-state index contributed by atoms with van der Waals surface area (Å²) in [6, 6.07) is 4.19. The largest absolute Gasteiger partial charge is 0.416 e. The van der Waals surface area contributed by atoms with E-state index >= 15 is 0 Å². The number of primary amides is 2. The highest BCUT2D eigenvalue weighted by molar-refractivity contribution is 6.30. The Bertz CT molecular complexity index is 1190. The predicted octanol–water partition coefficient (Wildman–Crippen LogP) is 4.41. The van der Waals surface area contributed by atoms with E-state index in [9.17, 15) is 40.7 Å². The number of nitrogens with zero attached hydrogens (tertiary/aromatic N) is 1. The van der Waals surface area contributed by atoms with Crippen LogP contribution in [0.2, 0.25) is 5.02 Å². The second kappa shape index (κ2) is 11.8. The third-order valence-electron chi connectivity index (χ3n) is 6.46. The van der Waals surface area contributed by atoms with Gasteiger partial charge < -0.3 is 21.7 Å². The number of hydrogen-bond acceptors (Lipinski definition) is 4. The molecule has 1 heterocycles. The highest BCUT2D eigenvalue weighted by atomic mass is 35.5. The molecule has 7 nitrogen and oxygen atoms in total. The minimum absolute atomic E-state index is 0.103. The van der Waals surface area contributed by atoms with Crippen LogP contribution in [-0.4, -0.2) is 47.8 Å². The molecule has 14 heteroatoms. The standard InChI is InChI=1S/C25H25ClF6N4O3/c26-18-3-1-13(2-4-18)7-19-10-14(5-6-35-19)21(36(23(34)39)12-20(33)37)22(38)15-8-16(24(27,28)29)11-17(9-15)25(30,31)32/h1-4,8-9,11,14,19,21,35H,5-7,10,12H2,(H2,33,37)(H2,34,39). The normalized spacial score (nSPS) is 18.8. The number of urea groups is 1. The van der Waals surface area contributed by atoms with E-state index in [0.717, 1.165) is 5.56 Å². The smallest absolute Gasteiger partial charge is 0.368 e. The average Bonchev–Trinajstić information content (AvgIpc) is 2.83. The minimum Gasteiger partial charge on any atom is -0.368 e. The number of halogens is 7. The molecule has 2 aromatic carbocycles. The first kappa shape index (κ1) is 30.2. The molecule has 5 N–H and O–H groups in total. The molecule has 0 aromatic heterocycles. The van der Waals surface area contributed by atoms with E-state index in [1.165, 1.54) is 0 Å². The number of Topliss-reactive ketones (excluding diaryl/α,β-unsaturated/α-hetero) is 1. The molecule has 3 amide bonds.